The van der Waals surface area contributed by atoms with Gasteiger partial charge in [0.1, 0.15) is 12.0 Å². The highest BCUT2D eigenvalue weighted by atomic mass is 35.5. The molecule has 0 unspecified atom stereocenters. The zero-order valence-electron chi connectivity index (χ0n) is 14.1. The number of hydrogen-bond donors (Lipinski definition) is 0. The van der Waals surface area contributed by atoms with E-state index in [9.17, 15) is 17.6 Å². The van der Waals surface area contributed by atoms with Gasteiger partial charge < -0.3 is 0 Å². The summed E-state index contributed by atoms with van der Waals surface area (Å²) in [5, 5.41) is 6.05. The Morgan fingerprint density at radius 2 is 2.00 bits per heavy atom. The molecule has 3 nitrogen and oxygen atoms in total. The molecule has 4 aromatic heterocycles. The molecule has 0 aliphatic carbocycles. The fourth-order valence-corrected chi connectivity index (χ4v) is 5.48. The second kappa shape index (κ2) is 6.51. The lowest BCUT2D eigenvalue weighted by Gasteiger charge is -2.17. The van der Waals surface area contributed by atoms with Crippen molar-refractivity contribution in [2.75, 3.05) is 0 Å². The van der Waals surface area contributed by atoms with Crippen LogP contribution in [-0.4, -0.2) is 14.6 Å². The molecule has 0 fully saturated rings. The van der Waals surface area contributed by atoms with Crippen molar-refractivity contribution < 1.29 is 17.6 Å². The van der Waals surface area contributed by atoms with Crippen LogP contribution in [0.25, 0.3) is 36.7 Å². The van der Waals surface area contributed by atoms with Crippen LogP contribution in [0.3, 0.4) is 0 Å². The molecule has 0 N–H and O–H groups in total. The fourth-order valence-electron chi connectivity index (χ4n) is 3.16. The van der Waals surface area contributed by atoms with Gasteiger partial charge in [-0.25, -0.2) is 13.9 Å². The van der Waals surface area contributed by atoms with Gasteiger partial charge in [0.15, 0.2) is 11.3 Å². The Hall–Kier alpha value is -2.49. The van der Waals surface area contributed by atoms with E-state index >= 15 is 0 Å². The van der Waals surface area contributed by atoms with Crippen LogP contribution in [-0.2, 0) is 6.18 Å². The quantitative estimate of drug-likeness (QED) is 0.271. The molecule has 0 aliphatic rings. The minimum absolute atomic E-state index is 0.0211. The first-order valence-corrected chi connectivity index (χ1v) is 10.2. The van der Waals surface area contributed by atoms with Crippen molar-refractivity contribution in [3.63, 3.8) is 0 Å². The number of thiophene rings is 2. The molecule has 5 aromatic rings. The van der Waals surface area contributed by atoms with Gasteiger partial charge in [0.05, 0.1) is 26.0 Å². The molecule has 29 heavy (non-hydrogen) atoms. The largest absolute Gasteiger partial charge is 0.434 e. The predicted molar refractivity (Wildman–Crippen MR) is 106 cm³/mol. The maximum atomic E-state index is 14.2. The molecule has 0 amide bonds. The summed E-state index contributed by atoms with van der Waals surface area (Å²) in [6.07, 6.45) is -2.32. The molecular formula is C19H7ClF4N3S2. The summed E-state index contributed by atoms with van der Waals surface area (Å²) in [5.41, 5.74) is -1.02. The zero-order valence-corrected chi connectivity index (χ0v) is 16.5. The molecule has 4 heterocycles. The summed E-state index contributed by atoms with van der Waals surface area (Å²) in [4.78, 5) is 5.12. The topological polar surface area (TPSA) is 30.2 Å². The molecule has 10 heteroatoms. The van der Waals surface area contributed by atoms with Gasteiger partial charge in [0.2, 0.25) is 0 Å². The van der Waals surface area contributed by atoms with Gasteiger partial charge in [-0.2, -0.15) is 18.3 Å². The average Bonchev–Trinajstić information content (AvgIpc) is 3.39. The molecule has 0 aliphatic heterocycles. The molecule has 0 saturated heterocycles. The SMILES string of the molecule is Fc1ccc2c(Cl)c(-c3c(-c4cccs4)nc4c[c]nn4c3C(F)(F)F)sc2c1. The Bertz CT molecular complexity index is 1370. The van der Waals surface area contributed by atoms with Crippen LogP contribution in [0.15, 0.2) is 41.8 Å². The second-order valence-corrected chi connectivity index (χ2v) is 8.47. The predicted octanol–water partition coefficient (Wildman–Crippen LogP) is 6.95. The Morgan fingerprint density at radius 1 is 1.17 bits per heavy atom. The average molecular weight is 453 g/mol. The number of aromatic nitrogens is 3. The van der Waals surface area contributed by atoms with E-state index in [1.165, 1.54) is 35.6 Å². The van der Waals surface area contributed by atoms with E-state index in [-0.39, 0.29) is 26.8 Å². The van der Waals surface area contributed by atoms with Gasteiger partial charge in [0, 0.05) is 16.2 Å². The number of nitrogens with zero attached hydrogens (tertiary/aromatic N) is 3. The summed E-state index contributed by atoms with van der Waals surface area (Å²) in [6.45, 7) is 0. The summed E-state index contributed by atoms with van der Waals surface area (Å²) in [6, 6.07) is 8.64. The first kappa shape index (κ1) is 18.5. The van der Waals surface area contributed by atoms with Gasteiger partial charge in [-0.3, -0.25) is 0 Å². The molecule has 5 rings (SSSR count). The number of benzene rings is 1. The Kier molecular flexibility index (Phi) is 4.16. The first-order valence-electron chi connectivity index (χ1n) is 8.13. The van der Waals surface area contributed by atoms with E-state index in [2.05, 4.69) is 16.3 Å². The number of hydrogen-bond acceptors (Lipinski definition) is 4. The molecule has 0 saturated carbocycles. The van der Waals surface area contributed by atoms with Crippen molar-refractivity contribution >= 4 is 50.0 Å². The van der Waals surface area contributed by atoms with Crippen molar-refractivity contribution in [3.05, 3.63) is 64.5 Å². The highest BCUT2D eigenvalue weighted by Crippen LogP contribution is 2.50. The monoisotopic (exact) mass is 452 g/mol. The maximum Gasteiger partial charge on any atom is 0.434 e. The smallest absolute Gasteiger partial charge is 0.227 e. The molecule has 1 radical (unpaired) electrons. The van der Waals surface area contributed by atoms with Crippen molar-refractivity contribution in [1.29, 1.82) is 0 Å². The van der Waals surface area contributed by atoms with E-state index < -0.39 is 17.7 Å². The minimum Gasteiger partial charge on any atom is -0.227 e. The number of fused-ring (bicyclic) bond motifs is 2. The van der Waals surface area contributed by atoms with Crippen LogP contribution in [0.1, 0.15) is 5.69 Å². The third-order valence-electron chi connectivity index (χ3n) is 4.32. The second-order valence-electron chi connectivity index (χ2n) is 6.09. The molecule has 145 valence electrons. The molecular weight excluding hydrogens is 446 g/mol. The summed E-state index contributed by atoms with van der Waals surface area (Å²) >= 11 is 8.73. The van der Waals surface area contributed by atoms with Crippen LogP contribution in [0.5, 0.6) is 0 Å². The Balaban J connectivity index is 1.97. The van der Waals surface area contributed by atoms with E-state index in [1.807, 2.05) is 0 Å². The Morgan fingerprint density at radius 3 is 2.72 bits per heavy atom. The number of alkyl halides is 3. The molecule has 0 bridgehead atoms. The lowest BCUT2D eigenvalue weighted by atomic mass is 10.1. The highest BCUT2D eigenvalue weighted by Gasteiger charge is 2.40. The summed E-state index contributed by atoms with van der Waals surface area (Å²) in [5.74, 6) is -0.494. The van der Waals surface area contributed by atoms with E-state index in [4.69, 9.17) is 11.6 Å². The maximum absolute atomic E-state index is 14.2. The van der Waals surface area contributed by atoms with Gasteiger partial charge in [0.25, 0.3) is 0 Å². The van der Waals surface area contributed by atoms with Gasteiger partial charge in [-0.1, -0.05) is 17.7 Å². The lowest BCUT2D eigenvalue weighted by Crippen LogP contribution is -2.16. The van der Waals surface area contributed by atoms with Crippen molar-refractivity contribution in [3.8, 4) is 21.0 Å². The zero-order chi connectivity index (χ0) is 20.3. The Labute approximate surface area is 173 Å². The van der Waals surface area contributed by atoms with Crippen LogP contribution in [0, 0.1) is 12.0 Å². The molecule has 0 spiro atoms. The summed E-state index contributed by atoms with van der Waals surface area (Å²) in [7, 11) is 0. The third kappa shape index (κ3) is 2.92. The van der Waals surface area contributed by atoms with Crippen molar-refractivity contribution in [2.45, 2.75) is 6.18 Å². The summed E-state index contributed by atoms with van der Waals surface area (Å²) < 4.78 is 57.5. The van der Waals surface area contributed by atoms with Crippen LogP contribution in [0.2, 0.25) is 5.02 Å². The van der Waals surface area contributed by atoms with Crippen molar-refractivity contribution in [1.82, 2.24) is 14.6 Å². The van der Waals surface area contributed by atoms with E-state index in [1.54, 1.807) is 17.5 Å². The van der Waals surface area contributed by atoms with E-state index in [0.29, 0.717) is 19.5 Å². The first-order chi connectivity index (χ1) is 13.8. The highest BCUT2D eigenvalue weighted by molar-refractivity contribution is 7.23. The molecule has 0 atom stereocenters. The molecule has 1 aromatic carbocycles. The minimum atomic E-state index is -4.74. The standard InChI is InChI=1S/C19H7ClF4N3S2/c20-15-10-4-3-9(21)8-12(10)29-17(15)14-16(11-2-1-7-28-11)26-13-5-6-25-27(13)18(14)19(22,23)24/h1-5,7-8H. The van der Waals surface area contributed by atoms with Gasteiger partial charge in [-0.15, -0.1) is 22.7 Å². The fraction of sp³-hybridized carbons (Fsp3) is 0.0526. The van der Waals surface area contributed by atoms with Crippen LogP contribution >= 0.6 is 34.3 Å². The van der Waals surface area contributed by atoms with Gasteiger partial charge >= 0.3 is 6.18 Å². The normalized spacial score (nSPS) is 12.3. The van der Waals surface area contributed by atoms with E-state index in [0.717, 1.165) is 11.3 Å². The number of rotatable bonds is 2. The van der Waals surface area contributed by atoms with Crippen LogP contribution < -0.4 is 0 Å². The van der Waals surface area contributed by atoms with Crippen molar-refractivity contribution in [2.24, 2.45) is 0 Å². The lowest BCUT2D eigenvalue weighted by molar-refractivity contribution is -0.142. The van der Waals surface area contributed by atoms with Crippen LogP contribution in [0.4, 0.5) is 17.6 Å². The van der Waals surface area contributed by atoms with Gasteiger partial charge in [-0.05, 0) is 29.6 Å². The third-order valence-corrected chi connectivity index (χ3v) is 6.87. The number of halogens is 5.